The van der Waals surface area contributed by atoms with Gasteiger partial charge in [0.1, 0.15) is 13.2 Å². The summed E-state index contributed by atoms with van der Waals surface area (Å²) in [6, 6.07) is 0. The number of unbranched alkanes of at least 4 members (excludes halogenated alkanes) is 33. The maximum Gasteiger partial charge on any atom is 0.306 e. The van der Waals surface area contributed by atoms with Crippen LogP contribution in [0.2, 0.25) is 0 Å². The van der Waals surface area contributed by atoms with Crippen LogP contribution in [0.4, 0.5) is 0 Å². The normalized spacial score (nSPS) is 12.8. The maximum absolute atomic E-state index is 12.9. The zero-order valence-electron chi connectivity index (χ0n) is 53.3. The van der Waals surface area contributed by atoms with Gasteiger partial charge in [0.2, 0.25) is 0 Å². The van der Waals surface area contributed by atoms with E-state index >= 15 is 0 Å². The molecule has 0 heterocycles. The van der Waals surface area contributed by atoms with Gasteiger partial charge in [-0.25, -0.2) is 0 Å². The molecule has 0 saturated heterocycles. The van der Waals surface area contributed by atoms with Crippen LogP contribution in [0.5, 0.6) is 0 Å². The van der Waals surface area contributed by atoms with Crippen LogP contribution in [0.3, 0.4) is 0 Å². The summed E-state index contributed by atoms with van der Waals surface area (Å²) < 4.78 is 16.8. The van der Waals surface area contributed by atoms with E-state index in [9.17, 15) is 14.4 Å². The van der Waals surface area contributed by atoms with Crippen molar-refractivity contribution in [3.8, 4) is 0 Å². The number of carbonyl (C=O) groups is 3. The Hall–Kier alpha value is -3.93. The molecule has 0 aliphatic rings. The Morgan fingerprint density at radius 2 is 0.506 bits per heavy atom. The largest absolute Gasteiger partial charge is 0.462 e. The average Bonchev–Trinajstić information content (AvgIpc) is 3.46. The van der Waals surface area contributed by atoms with Crippen molar-refractivity contribution in [2.75, 3.05) is 13.2 Å². The van der Waals surface area contributed by atoms with Crippen LogP contribution in [0, 0.1) is 0 Å². The first-order chi connectivity index (χ1) is 40.0. The van der Waals surface area contributed by atoms with E-state index in [2.05, 4.69) is 124 Å². The van der Waals surface area contributed by atoms with Gasteiger partial charge in [0.25, 0.3) is 0 Å². The molecule has 1 unspecified atom stereocenters. The monoisotopic (exact) mass is 1120 g/mol. The van der Waals surface area contributed by atoms with Gasteiger partial charge in [0.05, 0.1) is 0 Å². The summed E-state index contributed by atoms with van der Waals surface area (Å²) in [6.07, 6.45) is 94.4. The highest BCUT2D eigenvalue weighted by Crippen LogP contribution is 2.17. The molecule has 0 aliphatic heterocycles. The number of esters is 3. The molecule has 6 nitrogen and oxygen atoms in total. The van der Waals surface area contributed by atoms with Crippen molar-refractivity contribution < 1.29 is 28.6 Å². The van der Waals surface area contributed by atoms with Gasteiger partial charge < -0.3 is 14.2 Å². The van der Waals surface area contributed by atoms with Crippen LogP contribution >= 0.6 is 0 Å². The molecule has 0 saturated carbocycles. The minimum absolute atomic E-state index is 0.109. The molecule has 0 fully saturated rings. The Balaban J connectivity index is 4.19. The molecule has 464 valence electrons. The van der Waals surface area contributed by atoms with Crippen LogP contribution in [-0.4, -0.2) is 37.2 Å². The standard InChI is InChI=1S/C75H128O6/c1-4-7-10-13-16-19-22-25-27-29-30-31-32-33-34-35-36-37-38-39-40-41-42-43-44-46-47-50-53-56-59-62-65-68-74(77)80-71-72(70-79-73(76)67-64-61-58-55-52-49-24-21-18-15-12-9-6-3)81-75(78)69-66-63-60-57-54-51-48-45-28-26-23-20-17-14-11-8-5-2/h8-9,11-12,17-18,20-21,26,28-30,48-49,51-52,58,61,72H,4-7,10,13-16,19,22-25,27,31-47,50,53-57,59-60,62-71H2,1-3H3/b11-8-,12-9-,20-17-,21-18-,28-26-,30-29-,51-48-,52-49-,61-58-. The SMILES string of the molecule is CC/C=C\C/C=C\C/C=C\C/C=C\CCCCCCC(=O)OC(COC(=O)CC/C=C\C/C=C\C/C=C\C/C=C\CC)COC(=O)CCCCCCCCCCCCCCCCCCCCCCC/C=C\CCCCCCCCCC. The summed E-state index contributed by atoms with van der Waals surface area (Å²) >= 11 is 0. The predicted octanol–water partition coefficient (Wildman–Crippen LogP) is 23.8. The van der Waals surface area contributed by atoms with E-state index < -0.39 is 6.10 Å². The predicted molar refractivity (Wildman–Crippen MR) is 353 cm³/mol. The molecule has 0 N–H and O–H groups in total. The minimum Gasteiger partial charge on any atom is -0.462 e. The Labute approximate surface area is 501 Å². The summed E-state index contributed by atoms with van der Waals surface area (Å²) in [5, 5.41) is 0. The summed E-state index contributed by atoms with van der Waals surface area (Å²) in [6.45, 7) is 6.35. The van der Waals surface area contributed by atoms with Gasteiger partial charge in [-0.1, -0.05) is 310 Å². The Morgan fingerprint density at radius 1 is 0.259 bits per heavy atom. The quantitative estimate of drug-likeness (QED) is 0.0261. The summed E-state index contributed by atoms with van der Waals surface area (Å²) in [4.78, 5) is 38.3. The van der Waals surface area contributed by atoms with Gasteiger partial charge in [0, 0.05) is 19.3 Å². The Bertz CT molecular complexity index is 1620. The molecule has 81 heavy (non-hydrogen) atoms. The zero-order chi connectivity index (χ0) is 58.5. The minimum atomic E-state index is -0.822. The molecular weight excluding hydrogens is 997 g/mol. The Kier molecular flexibility index (Phi) is 65.2. The number of carbonyl (C=O) groups excluding carboxylic acids is 3. The van der Waals surface area contributed by atoms with Crippen LogP contribution in [0.25, 0.3) is 0 Å². The molecule has 0 aromatic carbocycles. The molecule has 0 aliphatic carbocycles. The van der Waals surface area contributed by atoms with Gasteiger partial charge in [-0.3, -0.25) is 14.4 Å². The third-order valence-electron chi connectivity index (χ3n) is 14.8. The Morgan fingerprint density at radius 3 is 0.840 bits per heavy atom. The smallest absolute Gasteiger partial charge is 0.306 e. The lowest BCUT2D eigenvalue weighted by molar-refractivity contribution is -0.166. The molecule has 0 bridgehead atoms. The molecule has 0 rings (SSSR count). The van der Waals surface area contributed by atoms with E-state index in [1.807, 2.05) is 6.08 Å². The van der Waals surface area contributed by atoms with Crippen molar-refractivity contribution in [3.05, 3.63) is 109 Å². The fourth-order valence-electron chi connectivity index (χ4n) is 9.68. The molecule has 0 aromatic heterocycles. The summed E-state index contributed by atoms with van der Waals surface area (Å²) in [5.41, 5.74) is 0. The van der Waals surface area contributed by atoms with Crippen molar-refractivity contribution in [3.63, 3.8) is 0 Å². The summed E-state index contributed by atoms with van der Waals surface area (Å²) in [7, 11) is 0. The molecule has 0 spiro atoms. The third kappa shape index (κ3) is 66.8. The van der Waals surface area contributed by atoms with Gasteiger partial charge in [-0.2, -0.15) is 0 Å². The zero-order valence-corrected chi connectivity index (χ0v) is 53.3. The lowest BCUT2D eigenvalue weighted by Gasteiger charge is -2.18. The molecule has 0 radical (unpaired) electrons. The number of hydrogen-bond acceptors (Lipinski definition) is 6. The fourth-order valence-corrected chi connectivity index (χ4v) is 9.68. The topological polar surface area (TPSA) is 78.9 Å². The second kappa shape index (κ2) is 68.6. The van der Waals surface area contributed by atoms with E-state index in [1.54, 1.807) is 0 Å². The van der Waals surface area contributed by atoms with Gasteiger partial charge in [-0.15, -0.1) is 0 Å². The summed E-state index contributed by atoms with van der Waals surface area (Å²) in [5.74, 6) is -1.01. The van der Waals surface area contributed by atoms with Crippen molar-refractivity contribution in [2.24, 2.45) is 0 Å². The van der Waals surface area contributed by atoms with Gasteiger partial charge >= 0.3 is 17.9 Å². The van der Waals surface area contributed by atoms with Crippen molar-refractivity contribution in [1.29, 1.82) is 0 Å². The van der Waals surface area contributed by atoms with E-state index in [0.717, 1.165) is 103 Å². The van der Waals surface area contributed by atoms with Crippen molar-refractivity contribution in [1.82, 2.24) is 0 Å². The van der Waals surface area contributed by atoms with E-state index in [-0.39, 0.29) is 44.0 Å². The first-order valence-electron chi connectivity index (χ1n) is 34.4. The molecule has 0 aromatic rings. The highest BCUT2D eigenvalue weighted by atomic mass is 16.6. The molecule has 0 amide bonds. The maximum atomic E-state index is 12.9. The first kappa shape index (κ1) is 77.1. The van der Waals surface area contributed by atoms with E-state index in [4.69, 9.17) is 14.2 Å². The van der Waals surface area contributed by atoms with Crippen molar-refractivity contribution >= 4 is 17.9 Å². The van der Waals surface area contributed by atoms with E-state index in [0.29, 0.717) is 12.8 Å². The van der Waals surface area contributed by atoms with E-state index in [1.165, 1.54) is 180 Å². The molecule has 1 atom stereocenters. The molecule has 6 heteroatoms. The number of rotatable bonds is 62. The fraction of sp³-hybridized carbons (Fsp3) is 0.720. The van der Waals surface area contributed by atoms with Gasteiger partial charge in [-0.05, 0) is 109 Å². The van der Waals surface area contributed by atoms with Crippen LogP contribution in [-0.2, 0) is 28.6 Å². The highest BCUT2D eigenvalue weighted by molar-refractivity contribution is 5.71. The number of hydrogen-bond donors (Lipinski definition) is 0. The average molecular weight is 1130 g/mol. The lowest BCUT2D eigenvalue weighted by atomic mass is 10.0. The van der Waals surface area contributed by atoms with Crippen molar-refractivity contribution in [2.45, 2.75) is 335 Å². The lowest BCUT2D eigenvalue weighted by Crippen LogP contribution is -2.30. The number of allylic oxidation sites excluding steroid dienone is 18. The van der Waals surface area contributed by atoms with Crippen LogP contribution in [0.1, 0.15) is 329 Å². The van der Waals surface area contributed by atoms with Gasteiger partial charge in [0.15, 0.2) is 6.10 Å². The second-order valence-electron chi connectivity index (χ2n) is 22.7. The second-order valence-corrected chi connectivity index (χ2v) is 22.7. The number of ether oxygens (including phenoxy) is 3. The first-order valence-corrected chi connectivity index (χ1v) is 34.4. The molecular formula is C75H128O6. The van der Waals surface area contributed by atoms with Crippen LogP contribution < -0.4 is 0 Å². The highest BCUT2D eigenvalue weighted by Gasteiger charge is 2.19. The third-order valence-corrected chi connectivity index (χ3v) is 14.8. The van der Waals surface area contributed by atoms with Crippen LogP contribution in [0.15, 0.2) is 109 Å².